The summed E-state index contributed by atoms with van der Waals surface area (Å²) in [6.45, 7) is 8.45. The van der Waals surface area contributed by atoms with E-state index < -0.39 is 6.10 Å². The maximum absolute atomic E-state index is 10.2. The van der Waals surface area contributed by atoms with Crippen molar-refractivity contribution >= 4 is 0 Å². The number of hydrogen-bond acceptors (Lipinski definition) is 7. The zero-order valence-corrected chi connectivity index (χ0v) is 14.8. The van der Waals surface area contributed by atoms with Crippen LogP contribution < -0.4 is 4.74 Å². The lowest BCUT2D eigenvalue weighted by Crippen LogP contribution is -2.49. The Morgan fingerprint density at radius 2 is 1.88 bits per heavy atom. The van der Waals surface area contributed by atoms with Crippen molar-refractivity contribution in [3.63, 3.8) is 0 Å². The molecular formula is C18H26N4O3. The Balaban J connectivity index is 1.40. The van der Waals surface area contributed by atoms with E-state index in [4.69, 9.17) is 9.15 Å². The van der Waals surface area contributed by atoms with Crippen LogP contribution in [0.1, 0.15) is 24.7 Å². The lowest BCUT2D eigenvalue weighted by molar-refractivity contribution is 0.0349. The molecule has 1 aromatic heterocycles. The molecule has 2 atom stereocenters. The van der Waals surface area contributed by atoms with E-state index in [-0.39, 0.29) is 6.04 Å². The molecule has 1 aliphatic heterocycles. The monoisotopic (exact) mass is 346 g/mol. The van der Waals surface area contributed by atoms with Gasteiger partial charge in [-0.1, -0.05) is 18.2 Å². The van der Waals surface area contributed by atoms with Crippen molar-refractivity contribution in [3.05, 3.63) is 42.1 Å². The van der Waals surface area contributed by atoms with Crippen molar-refractivity contribution in [2.45, 2.75) is 26.0 Å². The van der Waals surface area contributed by atoms with E-state index in [9.17, 15) is 5.11 Å². The first kappa shape index (κ1) is 17.8. The number of para-hydroxylation sites is 1. The average molecular weight is 346 g/mol. The number of aliphatic hydroxyl groups is 1. The highest BCUT2D eigenvalue weighted by Crippen LogP contribution is 2.20. The molecular weight excluding hydrogens is 320 g/mol. The fraction of sp³-hybridized carbons (Fsp3) is 0.556. The summed E-state index contributed by atoms with van der Waals surface area (Å²) in [6, 6.07) is 9.70. The minimum atomic E-state index is -0.497. The molecule has 0 amide bonds. The average Bonchev–Trinajstić information content (AvgIpc) is 3.07. The first-order valence-corrected chi connectivity index (χ1v) is 8.74. The molecule has 0 radical (unpaired) electrons. The molecule has 1 aromatic carbocycles. The molecule has 1 N–H and O–H groups in total. The molecule has 0 unspecified atom stereocenters. The molecule has 7 nitrogen and oxygen atoms in total. The van der Waals surface area contributed by atoms with Gasteiger partial charge in [0.05, 0.1) is 6.04 Å². The highest BCUT2D eigenvalue weighted by atomic mass is 16.5. The molecule has 0 saturated carbocycles. The van der Waals surface area contributed by atoms with Crippen molar-refractivity contribution in [3.8, 4) is 5.75 Å². The van der Waals surface area contributed by atoms with Gasteiger partial charge in [0, 0.05) is 39.6 Å². The van der Waals surface area contributed by atoms with Gasteiger partial charge >= 0.3 is 0 Å². The van der Waals surface area contributed by atoms with Crippen LogP contribution in [0, 0.1) is 6.92 Å². The van der Waals surface area contributed by atoms with Gasteiger partial charge in [0.2, 0.25) is 11.8 Å². The summed E-state index contributed by atoms with van der Waals surface area (Å²) in [5.41, 5.74) is 0. The van der Waals surface area contributed by atoms with Gasteiger partial charge in [-0.2, -0.15) is 0 Å². The van der Waals surface area contributed by atoms with Crippen molar-refractivity contribution in [1.82, 2.24) is 20.0 Å². The zero-order chi connectivity index (χ0) is 17.6. The number of ether oxygens (including phenoxy) is 1. The highest BCUT2D eigenvalue weighted by Gasteiger charge is 2.26. The zero-order valence-electron chi connectivity index (χ0n) is 14.8. The van der Waals surface area contributed by atoms with Gasteiger partial charge in [-0.25, -0.2) is 0 Å². The summed E-state index contributed by atoms with van der Waals surface area (Å²) in [4.78, 5) is 4.59. The number of aryl methyl sites for hydroxylation is 1. The fourth-order valence-electron chi connectivity index (χ4n) is 3.03. The van der Waals surface area contributed by atoms with Gasteiger partial charge in [0.15, 0.2) is 0 Å². The maximum Gasteiger partial charge on any atom is 0.233 e. The number of aliphatic hydroxyl groups excluding tert-OH is 1. The smallest absolute Gasteiger partial charge is 0.233 e. The number of rotatable bonds is 7. The molecule has 1 saturated heterocycles. The Morgan fingerprint density at radius 3 is 2.52 bits per heavy atom. The van der Waals surface area contributed by atoms with Crippen LogP contribution in [0.15, 0.2) is 34.7 Å². The third-order valence-electron chi connectivity index (χ3n) is 4.51. The lowest BCUT2D eigenvalue weighted by atomic mass is 10.2. The van der Waals surface area contributed by atoms with Crippen LogP contribution in [0.4, 0.5) is 0 Å². The van der Waals surface area contributed by atoms with E-state index in [2.05, 4.69) is 26.9 Å². The number of β-amino-alcohol motifs (C(OH)–C–C–N with tert-alkyl or cyclic N) is 1. The number of hydrogen-bond donors (Lipinski definition) is 1. The number of nitrogens with zero attached hydrogens (tertiary/aromatic N) is 4. The summed E-state index contributed by atoms with van der Waals surface area (Å²) >= 11 is 0. The fourth-order valence-corrected chi connectivity index (χ4v) is 3.03. The van der Waals surface area contributed by atoms with Crippen molar-refractivity contribution < 1.29 is 14.3 Å². The van der Waals surface area contributed by atoms with Crippen LogP contribution in [0.2, 0.25) is 0 Å². The molecule has 136 valence electrons. The second kappa shape index (κ2) is 8.42. The molecule has 0 bridgehead atoms. The second-order valence-electron chi connectivity index (χ2n) is 6.45. The van der Waals surface area contributed by atoms with Crippen molar-refractivity contribution in [2.75, 3.05) is 39.3 Å². The van der Waals surface area contributed by atoms with E-state index in [1.54, 1.807) is 6.92 Å². The van der Waals surface area contributed by atoms with Gasteiger partial charge in [-0.3, -0.25) is 9.80 Å². The maximum atomic E-state index is 10.2. The molecule has 1 aliphatic rings. The summed E-state index contributed by atoms with van der Waals surface area (Å²) < 4.78 is 11.1. The first-order chi connectivity index (χ1) is 12.1. The molecule has 2 heterocycles. The molecule has 0 spiro atoms. The van der Waals surface area contributed by atoms with Gasteiger partial charge in [-0.05, 0) is 19.1 Å². The number of benzene rings is 1. The quantitative estimate of drug-likeness (QED) is 0.814. The molecule has 1 fully saturated rings. The standard InChI is InChI=1S/C18H26N4O3/c1-14(18-20-19-15(2)25-18)22-10-8-21(9-11-22)12-16(23)13-24-17-6-4-3-5-7-17/h3-7,14,16,23H,8-13H2,1-2H3/t14-,16-/m0/s1. The molecule has 25 heavy (non-hydrogen) atoms. The van der Waals surface area contributed by atoms with Crippen molar-refractivity contribution in [2.24, 2.45) is 0 Å². The van der Waals surface area contributed by atoms with Gasteiger partial charge in [0.1, 0.15) is 18.5 Å². The van der Waals surface area contributed by atoms with Crippen LogP contribution >= 0.6 is 0 Å². The van der Waals surface area contributed by atoms with Crippen LogP contribution in [0.5, 0.6) is 5.75 Å². The second-order valence-corrected chi connectivity index (χ2v) is 6.45. The van der Waals surface area contributed by atoms with Crippen LogP contribution in [0.25, 0.3) is 0 Å². The van der Waals surface area contributed by atoms with Gasteiger partial charge < -0.3 is 14.3 Å². The van der Waals surface area contributed by atoms with Crippen LogP contribution in [-0.2, 0) is 0 Å². The summed E-state index contributed by atoms with van der Waals surface area (Å²) in [6.07, 6.45) is -0.497. The number of aromatic nitrogens is 2. The summed E-state index contributed by atoms with van der Waals surface area (Å²) in [5, 5.41) is 18.2. The summed E-state index contributed by atoms with van der Waals surface area (Å²) in [5.74, 6) is 2.05. The SMILES string of the molecule is Cc1nnc([C@H](C)N2CCN(C[C@H](O)COc3ccccc3)CC2)o1. The van der Waals surface area contributed by atoms with E-state index in [1.165, 1.54) is 0 Å². The third-order valence-corrected chi connectivity index (χ3v) is 4.51. The predicted octanol–water partition coefficient (Wildman–Crippen LogP) is 1.50. The topological polar surface area (TPSA) is 74.9 Å². The Kier molecular flexibility index (Phi) is 6.01. The van der Waals surface area contributed by atoms with E-state index in [0.29, 0.717) is 24.9 Å². The van der Waals surface area contributed by atoms with Crippen LogP contribution in [-0.4, -0.2) is 70.5 Å². The van der Waals surface area contributed by atoms with Gasteiger partial charge in [-0.15, -0.1) is 10.2 Å². The predicted molar refractivity (Wildman–Crippen MR) is 93.4 cm³/mol. The Bertz CT molecular complexity index is 641. The van der Waals surface area contributed by atoms with E-state index in [0.717, 1.165) is 31.9 Å². The van der Waals surface area contributed by atoms with E-state index >= 15 is 0 Å². The first-order valence-electron chi connectivity index (χ1n) is 8.74. The summed E-state index contributed by atoms with van der Waals surface area (Å²) in [7, 11) is 0. The molecule has 7 heteroatoms. The molecule has 0 aliphatic carbocycles. The minimum absolute atomic E-state index is 0.120. The van der Waals surface area contributed by atoms with Crippen LogP contribution in [0.3, 0.4) is 0 Å². The molecule has 3 rings (SSSR count). The minimum Gasteiger partial charge on any atom is -0.491 e. The molecule has 2 aromatic rings. The Hall–Kier alpha value is -1.96. The van der Waals surface area contributed by atoms with Crippen molar-refractivity contribution in [1.29, 1.82) is 0 Å². The normalized spacial score (nSPS) is 18.8. The number of piperazine rings is 1. The Morgan fingerprint density at radius 1 is 1.16 bits per heavy atom. The highest BCUT2D eigenvalue weighted by molar-refractivity contribution is 5.20. The van der Waals surface area contributed by atoms with E-state index in [1.807, 2.05) is 30.3 Å². The Labute approximate surface area is 148 Å². The third kappa shape index (κ3) is 5.01. The lowest BCUT2D eigenvalue weighted by Gasteiger charge is -2.37. The largest absolute Gasteiger partial charge is 0.491 e. The van der Waals surface area contributed by atoms with Gasteiger partial charge in [0.25, 0.3) is 0 Å².